The standard InChI is InChI=1S/C26H30N2O3S2/c1-5-25(28(33(4,30)31)23-16-11-19(2)20(3)17-23)26(29)27-22-14-12-21(13-15-22)18-32-24-9-7-6-8-10-24/h6-17,25H,5,18H2,1-4H3,(H,27,29). The Hall–Kier alpha value is -2.77. The van der Waals surface area contributed by atoms with Crippen molar-refractivity contribution in [3.63, 3.8) is 0 Å². The Balaban J connectivity index is 1.74. The van der Waals surface area contributed by atoms with Gasteiger partial charge in [0.05, 0.1) is 11.9 Å². The normalized spacial score (nSPS) is 12.2. The molecule has 1 N–H and O–H groups in total. The Bertz CT molecular complexity index is 1190. The molecule has 0 heterocycles. The van der Waals surface area contributed by atoms with Crippen LogP contribution in [0.25, 0.3) is 0 Å². The van der Waals surface area contributed by atoms with E-state index in [1.165, 1.54) is 9.20 Å². The number of nitrogens with zero attached hydrogens (tertiary/aromatic N) is 1. The Morgan fingerprint density at radius 1 is 0.970 bits per heavy atom. The van der Waals surface area contributed by atoms with Crippen LogP contribution in [-0.2, 0) is 20.6 Å². The van der Waals surface area contributed by atoms with Gasteiger partial charge in [-0.3, -0.25) is 9.10 Å². The van der Waals surface area contributed by atoms with E-state index in [9.17, 15) is 13.2 Å². The fourth-order valence-electron chi connectivity index (χ4n) is 3.52. The largest absolute Gasteiger partial charge is 0.324 e. The van der Waals surface area contributed by atoms with Gasteiger partial charge in [-0.05, 0) is 73.4 Å². The van der Waals surface area contributed by atoms with Crippen LogP contribution in [0.1, 0.15) is 30.0 Å². The van der Waals surface area contributed by atoms with E-state index in [1.807, 2.05) is 75.4 Å². The molecule has 1 atom stereocenters. The molecule has 0 bridgehead atoms. The summed E-state index contributed by atoms with van der Waals surface area (Å²) in [4.78, 5) is 14.3. The van der Waals surface area contributed by atoms with Crippen molar-refractivity contribution in [1.82, 2.24) is 0 Å². The first-order chi connectivity index (χ1) is 15.7. The van der Waals surface area contributed by atoms with Gasteiger partial charge in [-0.2, -0.15) is 0 Å². The zero-order valence-corrected chi connectivity index (χ0v) is 21.0. The van der Waals surface area contributed by atoms with Gasteiger partial charge in [0.15, 0.2) is 0 Å². The van der Waals surface area contributed by atoms with E-state index in [0.717, 1.165) is 28.7 Å². The number of hydrogen-bond donors (Lipinski definition) is 1. The van der Waals surface area contributed by atoms with Gasteiger partial charge in [-0.25, -0.2) is 8.42 Å². The van der Waals surface area contributed by atoms with Gasteiger partial charge in [0.1, 0.15) is 6.04 Å². The zero-order valence-electron chi connectivity index (χ0n) is 19.4. The lowest BCUT2D eigenvalue weighted by molar-refractivity contribution is -0.117. The maximum Gasteiger partial charge on any atom is 0.248 e. The molecule has 7 heteroatoms. The van der Waals surface area contributed by atoms with Gasteiger partial charge in [-0.15, -0.1) is 11.8 Å². The molecule has 0 aromatic heterocycles. The Kier molecular flexibility index (Phi) is 8.21. The molecule has 3 aromatic rings. The summed E-state index contributed by atoms with van der Waals surface area (Å²) in [5.41, 5.74) is 4.31. The fourth-order valence-corrected chi connectivity index (χ4v) is 5.60. The average molecular weight is 483 g/mol. The summed E-state index contributed by atoms with van der Waals surface area (Å²) < 4.78 is 26.5. The molecule has 0 aliphatic rings. The van der Waals surface area contributed by atoms with Crippen LogP contribution >= 0.6 is 11.8 Å². The number of hydrogen-bond acceptors (Lipinski definition) is 4. The van der Waals surface area contributed by atoms with E-state index in [4.69, 9.17) is 0 Å². The molecule has 0 aliphatic carbocycles. The zero-order chi connectivity index (χ0) is 24.0. The van der Waals surface area contributed by atoms with Gasteiger partial charge >= 0.3 is 0 Å². The smallest absolute Gasteiger partial charge is 0.248 e. The Morgan fingerprint density at radius 3 is 2.21 bits per heavy atom. The molecule has 0 fully saturated rings. The number of carbonyl (C=O) groups is 1. The lowest BCUT2D eigenvalue weighted by atomic mass is 10.1. The van der Waals surface area contributed by atoms with Gasteiger partial charge < -0.3 is 5.32 Å². The third-order valence-electron chi connectivity index (χ3n) is 5.44. The number of aryl methyl sites for hydroxylation is 2. The molecule has 0 aliphatic heterocycles. The van der Waals surface area contributed by atoms with E-state index >= 15 is 0 Å². The van der Waals surface area contributed by atoms with Crippen molar-refractivity contribution in [2.24, 2.45) is 0 Å². The number of nitrogens with one attached hydrogen (secondary N) is 1. The van der Waals surface area contributed by atoms with E-state index < -0.39 is 16.1 Å². The second-order valence-electron chi connectivity index (χ2n) is 8.04. The molecular weight excluding hydrogens is 452 g/mol. The number of sulfonamides is 1. The fraction of sp³-hybridized carbons (Fsp3) is 0.269. The minimum Gasteiger partial charge on any atom is -0.324 e. The van der Waals surface area contributed by atoms with Crippen LogP contribution in [0.15, 0.2) is 77.7 Å². The summed E-state index contributed by atoms with van der Waals surface area (Å²) >= 11 is 1.75. The summed E-state index contributed by atoms with van der Waals surface area (Å²) in [6.45, 7) is 5.71. The Morgan fingerprint density at radius 2 is 1.64 bits per heavy atom. The lowest BCUT2D eigenvalue weighted by Gasteiger charge is -2.30. The van der Waals surface area contributed by atoms with Gasteiger partial charge in [0, 0.05) is 16.3 Å². The third kappa shape index (κ3) is 6.62. The molecule has 0 spiro atoms. The highest BCUT2D eigenvalue weighted by Gasteiger charge is 2.31. The molecule has 5 nitrogen and oxygen atoms in total. The molecule has 0 radical (unpaired) electrons. The van der Waals surface area contributed by atoms with Crippen LogP contribution in [0.3, 0.4) is 0 Å². The van der Waals surface area contributed by atoms with Gasteiger partial charge in [0.25, 0.3) is 0 Å². The summed E-state index contributed by atoms with van der Waals surface area (Å²) in [6, 6.07) is 22.4. The summed E-state index contributed by atoms with van der Waals surface area (Å²) in [5, 5.41) is 2.89. The van der Waals surface area contributed by atoms with Crippen molar-refractivity contribution in [2.45, 2.75) is 43.9 Å². The monoisotopic (exact) mass is 482 g/mol. The van der Waals surface area contributed by atoms with E-state index in [2.05, 4.69) is 17.4 Å². The second-order valence-corrected chi connectivity index (χ2v) is 10.9. The average Bonchev–Trinajstić information content (AvgIpc) is 2.78. The number of anilines is 2. The number of carbonyl (C=O) groups excluding carboxylic acids is 1. The van der Waals surface area contributed by atoms with Crippen LogP contribution < -0.4 is 9.62 Å². The van der Waals surface area contributed by atoms with Gasteiger partial charge in [0.2, 0.25) is 15.9 Å². The van der Waals surface area contributed by atoms with E-state index in [1.54, 1.807) is 17.8 Å². The second kappa shape index (κ2) is 10.9. The van der Waals surface area contributed by atoms with Crippen LogP contribution in [0.2, 0.25) is 0 Å². The molecule has 1 amide bonds. The molecular formula is C26H30N2O3S2. The van der Waals surface area contributed by atoms with Crippen molar-refractivity contribution < 1.29 is 13.2 Å². The first-order valence-electron chi connectivity index (χ1n) is 10.8. The molecule has 174 valence electrons. The van der Waals surface area contributed by atoms with Crippen LogP contribution in [-0.4, -0.2) is 26.6 Å². The van der Waals surface area contributed by atoms with Crippen molar-refractivity contribution in [3.05, 3.63) is 89.5 Å². The Labute approximate surface area is 201 Å². The molecule has 33 heavy (non-hydrogen) atoms. The maximum absolute atomic E-state index is 13.1. The predicted octanol–water partition coefficient (Wildman–Crippen LogP) is 5.78. The summed E-state index contributed by atoms with van der Waals surface area (Å²) in [6.07, 6.45) is 1.48. The van der Waals surface area contributed by atoms with E-state index in [-0.39, 0.29) is 5.91 Å². The molecule has 0 saturated carbocycles. The highest BCUT2D eigenvalue weighted by Crippen LogP contribution is 2.26. The van der Waals surface area contributed by atoms with E-state index in [0.29, 0.717) is 17.8 Å². The first kappa shape index (κ1) is 24.9. The molecule has 0 saturated heterocycles. The minimum atomic E-state index is -3.67. The third-order valence-corrected chi connectivity index (χ3v) is 7.71. The van der Waals surface area contributed by atoms with Crippen LogP contribution in [0.5, 0.6) is 0 Å². The highest BCUT2D eigenvalue weighted by atomic mass is 32.2. The van der Waals surface area contributed by atoms with Gasteiger partial charge in [-0.1, -0.05) is 43.3 Å². The predicted molar refractivity (Wildman–Crippen MR) is 138 cm³/mol. The topological polar surface area (TPSA) is 66.5 Å². The molecule has 3 rings (SSSR count). The van der Waals surface area contributed by atoms with Crippen LogP contribution in [0, 0.1) is 13.8 Å². The highest BCUT2D eigenvalue weighted by molar-refractivity contribution is 7.98. The number of thioether (sulfide) groups is 1. The summed E-state index contributed by atoms with van der Waals surface area (Å²) in [5.74, 6) is 0.470. The molecule has 1 unspecified atom stereocenters. The van der Waals surface area contributed by atoms with Crippen LogP contribution in [0.4, 0.5) is 11.4 Å². The lowest BCUT2D eigenvalue weighted by Crippen LogP contribution is -2.47. The maximum atomic E-state index is 13.1. The number of benzene rings is 3. The SMILES string of the molecule is CCC(C(=O)Nc1ccc(CSc2ccccc2)cc1)N(c1ccc(C)c(C)c1)S(C)(=O)=O. The van der Waals surface area contributed by atoms with Crippen molar-refractivity contribution in [1.29, 1.82) is 0 Å². The summed E-state index contributed by atoms with van der Waals surface area (Å²) in [7, 11) is -3.67. The van der Waals surface area contributed by atoms with Crippen molar-refractivity contribution in [3.8, 4) is 0 Å². The quantitative estimate of drug-likeness (QED) is 0.393. The first-order valence-corrected chi connectivity index (χ1v) is 13.7. The minimum absolute atomic E-state index is 0.345. The molecule has 3 aromatic carbocycles. The van der Waals surface area contributed by atoms with Crippen molar-refractivity contribution >= 4 is 39.1 Å². The number of rotatable bonds is 9. The van der Waals surface area contributed by atoms with Crippen molar-refractivity contribution in [2.75, 3.05) is 15.9 Å². The number of amides is 1.